The van der Waals surface area contributed by atoms with Gasteiger partial charge in [-0.2, -0.15) is 0 Å². The van der Waals surface area contributed by atoms with Gasteiger partial charge in [0.2, 0.25) is 17.7 Å². The highest BCUT2D eigenvalue weighted by molar-refractivity contribution is 5.97. The van der Waals surface area contributed by atoms with E-state index in [1.54, 1.807) is 47.6 Å². The molecular formula is C33H50N4O7. The Morgan fingerprint density at radius 2 is 1.55 bits per heavy atom. The molecule has 0 aromatic heterocycles. The third-order valence-electron chi connectivity index (χ3n) is 6.77. The molecule has 0 aliphatic carbocycles. The SMILES string of the molecule is C=CCC[C@H](NC(=O)OC(C)(C)C)C(=O)NC(C)(C)C(=O)NC(Cc1ccccc1)C(=O)N1CCC[C@@H]1C(=O)OC(C)(C)C. The average Bonchev–Trinajstić information content (AvgIpc) is 3.39. The first kappa shape index (κ1) is 36.3. The van der Waals surface area contributed by atoms with Crippen LogP contribution in [0.15, 0.2) is 43.0 Å². The number of hydrogen-bond donors (Lipinski definition) is 3. The van der Waals surface area contributed by atoms with Crippen molar-refractivity contribution in [1.29, 1.82) is 0 Å². The van der Waals surface area contributed by atoms with Gasteiger partial charge >= 0.3 is 12.1 Å². The van der Waals surface area contributed by atoms with Gasteiger partial charge in [-0.1, -0.05) is 36.4 Å². The van der Waals surface area contributed by atoms with Gasteiger partial charge in [-0.05, 0) is 86.6 Å². The van der Waals surface area contributed by atoms with Gasteiger partial charge in [0, 0.05) is 13.0 Å². The maximum absolute atomic E-state index is 13.9. The van der Waals surface area contributed by atoms with Crippen LogP contribution >= 0.6 is 0 Å². The molecule has 2 rings (SSSR count). The summed E-state index contributed by atoms with van der Waals surface area (Å²) in [4.78, 5) is 67.7. The Morgan fingerprint density at radius 1 is 0.932 bits per heavy atom. The molecule has 1 aromatic carbocycles. The zero-order valence-electron chi connectivity index (χ0n) is 27.5. The van der Waals surface area contributed by atoms with Crippen LogP contribution in [0.5, 0.6) is 0 Å². The minimum atomic E-state index is -1.47. The van der Waals surface area contributed by atoms with Crippen molar-refractivity contribution in [3.63, 3.8) is 0 Å². The maximum atomic E-state index is 13.9. The Balaban J connectivity index is 2.25. The van der Waals surface area contributed by atoms with Crippen molar-refractivity contribution in [3.8, 4) is 0 Å². The molecule has 3 atom stereocenters. The number of carbonyl (C=O) groups is 5. The first-order valence-electron chi connectivity index (χ1n) is 15.1. The topological polar surface area (TPSA) is 143 Å². The van der Waals surface area contributed by atoms with Crippen molar-refractivity contribution in [2.45, 2.75) is 122 Å². The monoisotopic (exact) mass is 614 g/mol. The highest BCUT2D eigenvalue weighted by Gasteiger charge is 2.41. The third-order valence-corrected chi connectivity index (χ3v) is 6.77. The fraction of sp³-hybridized carbons (Fsp3) is 0.606. The number of alkyl carbamates (subject to hydrolysis) is 1. The smallest absolute Gasteiger partial charge is 0.408 e. The van der Waals surface area contributed by atoms with Gasteiger partial charge in [-0.3, -0.25) is 14.4 Å². The Hall–Kier alpha value is -3.89. The second-order valence-electron chi connectivity index (χ2n) is 13.6. The molecule has 4 amide bonds. The highest BCUT2D eigenvalue weighted by Crippen LogP contribution is 2.23. The molecule has 0 bridgehead atoms. The number of likely N-dealkylation sites (tertiary alicyclic amines) is 1. The zero-order valence-corrected chi connectivity index (χ0v) is 27.5. The number of nitrogens with zero attached hydrogens (tertiary/aromatic N) is 1. The lowest BCUT2D eigenvalue weighted by atomic mass is 9.99. The van der Waals surface area contributed by atoms with E-state index in [4.69, 9.17) is 9.47 Å². The van der Waals surface area contributed by atoms with E-state index in [-0.39, 0.29) is 12.8 Å². The van der Waals surface area contributed by atoms with Crippen LogP contribution < -0.4 is 16.0 Å². The van der Waals surface area contributed by atoms with Crippen LogP contribution in [0.25, 0.3) is 0 Å². The molecule has 1 aliphatic rings. The lowest BCUT2D eigenvalue weighted by molar-refractivity contribution is -0.163. The number of esters is 1. The van der Waals surface area contributed by atoms with Crippen molar-refractivity contribution in [3.05, 3.63) is 48.6 Å². The maximum Gasteiger partial charge on any atom is 0.408 e. The zero-order chi connectivity index (χ0) is 33.3. The molecule has 244 valence electrons. The summed E-state index contributed by atoms with van der Waals surface area (Å²) < 4.78 is 10.9. The molecule has 1 unspecified atom stereocenters. The van der Waals surface area contributed by atoms with Crippen LogP contribution in [-0.2, 0) is 35.1 Å². The highest BCUT2D eigenvalue weighted by atomic mass is 16.6. The third kappa shape index (κ3) is 11.7. The van der Waals surface area contributed by atoms with Crippen LogP contribution in [0.4, 0.5) is 4.79 Å². The molecule has 44 heavy (non-hydrogen) atoms. The number of rotatable bonds is 12. The van der Waals surface area contributed by atoms with E-state index in [2.05, 4.69) is 22.5 Å². The lowest BCUT2D eigenvalue weighted by Crippen LogP contribution is -2.62. The van der Waals surface area contributed by atoms with Crippen LogP contribution in [0.1, 0.15) is 86.6 Å². The first-order chi connectivity index (χ1) is 20.3. The number of allylic oxidation sites excluding steroid dienone is 1. The molecular weight excluding hydrogens is 564 g/mol. The Bertz CT molecular complexity index is 1180. The number of nitrogens with one attached hydrogen (secondary N) is 3. The Labute approximate surface area is 261 Å². The van der Waals surface area contributed by atoms with Crippen molar-refractivity contribution in [2.75, 3.05) is 6.54 Å². The van der Waals surface area contributed by atoms with Gasteiger partial charge in [-0.15, -0.1) is 6.58 Å². The molecule has 1 saturated heterocycles. The molecule has 3 N–H and O–H groups in total. The standard InChI is InChI=1S/C33H50N4O7/c1-10-11-18-23(35-30(42)44-32(5,6)7)26(38)36-33(8,9)29(41)34-24(21-22-16-13-12-14-17-22)27(39)37-20-15-19-25(37)28(40)43-31(2,3)4/h10,12-14,16-17,23-25H,1,11,15,18-21H2,2-9H3,(H,34,41)(H,35,42)(H,36,38)/t23-,24?,25+/m0/s1. The first-order valence-corrected chi connectivity index (χ1v) is 15.1. The van der Waals surface area contributed by atoms with Gasteiger partial charge in [0.05, 0.1) is 0 Å². The number of ether oxygens (including phenoxy) is 2. The largest absolute Gasteiger partial charge is 0.458 e. The van der Waals surface area contributed by atoms with E-state index in [9.17, 15) is 24.0 Å². The number of hydrogen-bond acceptors (Lipinski definition) is 7. The fourth-order valence-corrected chi connectivity index (χ4v) is 4.69. The van der Waals surface area contributed by atoms with E-state index >= 15 is 0 Å². The molecule has 0 radical (unpaired) electrons. The summed E-state index contributed by atoms with van der Waals surface area (Å²) in [7, 11) is 0. The molecule has 1 aliphatic heterocycles. The normalized spacial score (nSPS) is 16.7. The summed E-state index contributed by atoms with van der Waals surface area (Å²) in [5, 5.41) is 8.11. The second kappa shape index (κ2) is 15.2. The van der Waals surface area contributed by atoms with Crippen molar-refractivity contribution >= 4 is 29.8 Å². The van der Waals surface area contributed by atoms with Gasteiger partial charge in [-0.25, -0.2) is 9.59 Å². The molecule has 0 saturated carbocycles. The van der Waals surface area contributed by atoms with Crippen LogP contribution in [0, 0.1) is 0 Å². The van der Waals surface area contributed by atoms with E-state index < -0.39 is 64.7 Å². The van der Waals surface area contributed by atoms with E-state index in [0.717, 1.165) is 5.56 Å². The second-order valence-corrected chi connectivity index (χ2v) is 13.6. The van der Waals surface area contributed by atoms with Gasteiger partial charge in [0.15, 0.2) is 0 Å². The predicted molar refractivity (Wildman–Crippen MR) is 167 cm³/mol. The van der Waals surface area contributed by atoms with E-state index in [1.807, 2.05) is 30.3 Å². The average molecular weight is 615 g/mol. The van der Waals surface area contributed by atoms with Gasteiger partial charge in [0.1, 0.15) is 34.9 Å². The molecule has 0 spiro atoms. The van der Waals surface area contributed by atoms with Crippen LogP contribution in [0.2, 0.25) is 0 Å². The quantitative estimate of drug-likeness (QED) is 0.240. The van der Waals surface area contributed by atoms with Gasteiger partial charge in [0.25, 0.3) is 0 Å². The van der Waals surface area contributed by atoms with E-state index in [1.165, 1.54) is 18.7 Å². The molecule has 1 heterocycles. The minimum Gasteiger partial charge on any atom is -0.458 e. The predicted octanol–water partition coefficient (Wildman–Crippen LogP) is 3.80. The Morgan fingerprint density at radius 3 is 2.11 bits per heavy atom. The summed E-state index contributed by atoms with van der Waals surface area (Å²) >= 11 is 0. The van der Waals surface area contributed by atoms with Crippen molar-refractivity contribution in [1.82, 2.24) is 20.9 Å². The molecule has 1 fully saturated rings. The van der Waals surface area contributed by atoms with Crippen molar-refractivity contribution in [2.24, 2.45) is 0 Å². The summed E-state index contributed by atoms with van der Waals surface area (Å²) in [6.07, 6.45) is 2.80. The summed E-state index contributed by atoms with van der Waals surface area (Å²) in [5.74, 6) is -2.09. The van der Waals surface area contributed by atoms with Crippen LogP contribution in [0.3, 0.4) is 0 Å². The lowest BCUT2D eigenvalue weighted by Gasteiger charge is -2.33. The van der Waals surface area contributed by atoms with Crippen LogP contribution in [-0.4, -0.2) is 76.1 Å². The minimum absolute atomic E-state index is 0.176. The molecule has 11 heteroatoms. The Kier molecular flexibility index (Phi) is 12.5. The molecule has 11 nitrogen and oxygen atoms in total. The number of carbonyl (C=O) groups excluding carboxylic acids is 5. The summed E-state index contributed by atoms with van der Waals surface area (Å²) in [6.45, 7) is 17.5. The molecule has 1 aromatic rings. The number of amides is 4. The number of benzene rings is 1. The van der Waals surface area contributed by atoms with E-state index in [0.29, 0.717) is 25.8 Å². The summed E-state index contributed by atoms with van der Waals surface area (Å²) in [5.41, 5.74) is -2.13. The van der Waals surface area contributed by atoms with Gasteiger partial charge < -0.3 is 30.3 Å². The van der Waals surface area contributed by atoms with Crippen molar-refractivity contribution < 1.29 is 33.4 Å². The summed E-state index contributed by atoms with van der Waals surface area (Å²) in [6, 6.07) is 6.46. The fourth-order valence-electron chi connectivity index (χ4n) is 4.69.